The highest BCUT2D eigenvalue weighted by atomic mass is 79.9. The molecule has 0 aliphatic carbocycles. The summed E-state index contributed by atoms with van der Waals surface area (Å²) < 4.78 is 6.74. The SMILES string of the molecule is COc1cccc(NC(=O)C[NH+](C)CC(=O)Nc2c(Br)cc(C)cc2Br)c1. The summed E-state index contributed by atoms with van der Waals surface area (Å²) in [7, 11) is 3.37. The minimum atomic E-state index is -0.175. The lowest BCUT2D eigenvalue weighted by molar-refractivity contribution is -0.862. The first-order valence-corrected chi connectivity index (χ1v) is 9.87. The molecule has 2 amide bonds. The van der Waals surface area contributed by atoms with Crippen molar-refractivity contribution in [2.45, 2.75) is 6.92 Å². The second-order valence-electron chi connectivity index (χ2n) is 6.24. The highest BCUT2D eigenvalue weighted by Crippen LogP contribution is 2.32. The topological polar surface area (TPSA) is 71.9 Å². The van der Waals surface area contributed by atoms with Crippen LogP contribution in [0.3, 0.4) is 0 Å². The molecule has 2 aromatic rings. The molecule has 0 fully saturated rings. The van der Waals surface area contributed by atoms with Crippen LogP contribution in [0.25, 0.3) is 0 Å². The number of halogens is 2. The van der Waals surface area contributed by atoms with Crippen LogP contribution in [-0.2, 0) is 9.59 Å². The standard InChI is InChI=1S/C19H21Br2N3O3/c1-12-7-15(20)19(16(21)8-12)23-18(26)11-24(2)10-17(25)22-13-5-4-6-14(9-13)27-3/h4-9H,10-11H2,1-3H3,(H,22,25)(H,23,26)/p+1. The molecule has 2 rings (SSSR count). The van der Waals surface area contributed by atoms with Gasteiger partial charge in [0.15, 0.2) is 13.1 Å². The van der Waals surface area contributed by atoms with Gasteiger partial charge in [0, 0.05) is 20.7 Å². The number of quaternary nitrogens is 1. The average molecular weight is 500 g/mol. The smallest absolute Gasteiger partial charge is 0.279 e. The maximum atomic E-state index is 12.3. The number of carbonyl (C=O) groups is 2. The molecule has 3 N–H and O–H groups in total. The third-order valence-corrected chi connectivity index (χ3v) is 4.98. The quantitative estimate of drug-likeness (QED) is 0.548. The Hall–Kier alpha value is -1.90. The molecule has 0 aliphatic rings. The van der Waals surface area contributed by atoms with Crippen LogP contribution in [0.15, 0.2) is 45.3 Å². The van der Waals surface area contributed by atoms with Crippen LogP contribution in [0.2, 0.25) is 0 Å². The van der Waals surface area contributed by atoms with Crippen molar-refractivity contribution in [3.63, 3.8) is 0 Å². The summed E-state index contributed by atoms with van der Waals surface area (Å²) in [6, 6.07) is 11.0. The summed E-state index contributed by atoms with van der Waals surface area (Å²) in [5.41, 5.74) is 2.41. The Kier molecular flexibility index (Phi) is 7.82. The largest absolute Gasteiger partial charge is 0.497 e. The van der Waals surface area contributed by atoms with Gasteiger partial charge in [0.1, 0.15) is 5.75 Å². The lowest BCUT2D eigenvalue weighted by Crippen LogP contribution is -3.11. The number of aryl methyl sites for hydroxylation is 1. The normalized spacial score (nSPS) is 11.6. The van der Waals surface area contributed by atoms with Crippen molar-refractivity contribution in [3.05, 3.63) is 50.9 Å². The van der Waals surface area contributed by atoms with Gasteiger partial charge in [-0.3, -0.25) is 9.59 Å². The molecule has 0 spiro atoms. The fourth-order valence-corrected chi connectivity index (χ4v) is 4.13. The number of carbonyl (C=O) groups excluding carboxylic acids is 2. The van der Waals surface area contributed by atoms with Crippen LogP contribution >= 0.6 is 31.9 Å². The van der Waals surface area contributed by atoms with E-state index in [-0.39, 0.29) is 24.9 Å². The van der Waals surface area contributed by atoms with Gasteiger partial charge in [-0.05, 0) is 68.6 Å². The third-order valence-electron chi connectivity index (χ3n) is 3.73. The van der Waals surface area contributed by atoms with Gasteiger partial charge in [0.05, 0.1) is 19.8 Å². The summed E-state index contributed by atoms with van der Waals surface area (Å²) in [5.74, 6) is 0.320. The molecule has 1 atom stereocenters. The van der Waals surface area contributed by atoms with Gasteiger partial charge in [-0.15, -0.1) is 0 Å². The predicted octanol–water partition coefficient (Wildman–Crippen LogP) is 2.62. The van der Waals surface area contributed by atoms with Crippen LogP contribution in [0.4, 0.5) is 11.4 Å². The maximum Gasteiger partial charge on any atom is 0.279 e. The second-order valence-corrected chi connectivity index (χ2v) is 7.95. The van der Waals surface area contributed by atoms with Gasteiger partial charge in [-0.2, -0.15) is 0 Å². The molecule has 144 valence electrons. The van der Waals surface area contributed by atoms with Gasteiger partial charge < -0.3 is 20.3 Å². The summed E-state index contributed by atoms with van der Waals surface area (Å²) in [4.78, 5) is 25.3. The number of ether oxygens (including phenoxy) is 1. The van der Waals surface area contributed by atoms with E-state index in [1.165, 1.54) is 0 Å². The number of methoxy groups -OCH3 is 1. The molecular weight excluding hydrogens is 478 g/mol. The molecule has 0 saturated carbocycles. The summed E-state index contributed by atoms with van der Waals surface area (Å²) >= 11 is 6.91. The Morgan fingerprint density at radius 1 is 1.04 bits per heavy atom. The Morgan fingerprint density at radius 2 is 1.63 bits per heavy atom. The first-order chi connectivity index (χ1) is 12.8. The Morgan fingerprint density at radius 3 is 2.22 bits per heavy atom. The number of hydrogen-bond acceptors (Lipinski definition) is 3. The Balaban J connectivity index is 1.88. The first-order valence-electron chi connectivity index (χ1n) is 8.29. The average Bonchev–Trinajstić information content (AvgIpc) is 2.57. The van der Waals surface area contributed by atoms with Crippen LogP contribution in [-0.4, -0.2) is 39.1 Å². The molecule has 27 heavy (non-hydrogen) atoms. The number of amides is 2. The van der Waals surface area contributed by atoms with Gasteiger partial charge in [-0.25, -0.2) is 0 Å². The van der Waals surface area contributed by atoms with Crippen molar-refractivity contribution >= 4 is 55.0 Å². The molecule has 0 saturated heterocycles. The van der Waals surface area contributed by atoms with E-state index < -0.39 is 0 Å². The van der Waals surface area contributed by atoms with Gasteiger partial charge >= 0.3 is 0 Å². The lowest BCUT2D eigenvalue weighted by Gasteiger charge is -2.15. The van der Waals surface area contributed by atoms with E-state index in [4.69, 9.17) is 4.74 Å². The van der Waals surface area contributed by atoms with Crippen LogP contribution < -0.4 is 20.3 Å². The third kappa shape index (κ3) is 6.64. The monoisotopic (exact) mass is 498 g/mol. The fraction of sp³-hybridized carbons (Fsp3) is 0.263. The Bertz CT molecular complexity index is 820. The van der Waals surface area contributed by atoms with Crippen LogP contribution in [0, 0.1) is 6.92 Å². The van der Waals surface area contributed by atoms with E-state index in [0.29, 0.717) is 17.1 Å². The van der Waals surface area contributed by atoms with Crippen molar-refractivity contribution in [2.75, 3.05) is 37.9 Å². The number of likely N-dealkylation sites (N-methyl/N-ethyl adjacent to an activating group) is 1. The van der Waals surface area contributed by atoms with E-state index in [1.54, 1.807) is 38.4 Å². The van der Waals surface area contributed by atoms with E-state index in [2.05, 4.69) is 42.5 Å². The van der Waals surface area contributed by atoms with E-state index >= 15 is 0 Å². The maximum absolute atomic E-state index is 12.3. The van der Waals surface area contributed by atoms with Crippen molar-refractivity contribution < 1.29 is 19.2 Å². The number of nitrogens with one attached hydrogen (secondary N) is 3. The molecule has 0 radical (unpaired) electrons. The molecule has 0 heterocycles. The molecule has 0 aromatic heterocycles. The van der Waals surface area contributed by atoms with Gasteiger partial charge in [0.25, 0.3) is 11.8 Å². The van der Waals surface area contributed by atoms with Crippen molar-refractivity contribution in [1.82, 2.24) is 0 Å². The van der Waals surface area contributed by atoms with Crippen molar-refractivity contribution in [2.24, 2.45) is 0 Å². The zero-order valence-corrected chi connectivity index (χ0v) is 18.5. The molecular formula is C19H22Br2N3O3+. The minimum Gasteiger partial charge on any atom is -0.497 e. The second kappa shape index (κ2) is 9.87. The molecule has 0 aliphatic heterocycles. The van der Waals surface area contributed by atoms with E-state index in [1.807, 2.05) is 19.1 Å². The van der Waals surface area contributed by atoms with Crippen LogP contribution in [0.5, 0.6) is 5.75 Å². The minimum absolute atomic E-state index is 0.165. The summed E-state index contributed by atoms with van der Waals surface area (Å²) in [6.07, 6.45) is 0. The zero-order valence-electron chi connectivity index (χ0n) is 15.4. The summed E-state index contributed by atoms with van der Waals surface area (Å²) in [6.45, 7) is 2.30. The van der Waals surface area contributed by atoms with E-state index in [9.17, 15) is 9.59 Å². The molecule has 2 aromatic carbocycles. The number of anilines is 2. The number of benzene rings is 2. The summed E-state index contributed by atoms with van der Waals surface area (Å²) in [5, 5.41) is 5.68. The zero-order chi connectivity index (χ0) is 20.0. The molecule has 1 unspecified atom stereocenters. The van der Waals surface area contributed by atoms with Crippen molar-refractivity contribution in [3.8, 4) is 5.75 Å². The van der Waals surface area contributed by atoms with Gasteiger partial charge in [0.2, 0.25) is 0 Å². The number of rotatable bonds is 7. The molecule has 0 bridgehead atoms. The highest BCUT2D eigenvalue weighted by Gasteiger charge is 2.17. The predicted molar refractivity (Wildman–Crippen MR) is 113 cm³/mol. The Labute approximate surface area is 175 Å². The number of hydrogen-bond donors (Lipinski definition) is 3. The van der Waals surface area contributed by atoms with Crippen molar-refractivity contribution in [1.29, 1.82) is 0 Å². The molecule has 6 nitrogen and oxygen atoms in total. The first kappa shape index (κ1) is 21.4. The highest BCUT2D eigenvalue weighted by molar-refractivity contribution is 9.11. The van der Waals surface area contributed by atoms with Gasteiger partial charge in [-0.1, -0.05) is 6.07 Å². The van der Waals surface area contributed by atoms with E-state index in [0.717, 1.165) is 19.4 Å². The molecule has 8 heteroatoms. The fourth-order valence-electron chi connectivity index (χ4n) is 2.52. The van der Waals surface area contributed by atoms with Crippen LogP contribution in [0.1, 0.15) is 5.56 Å². The lowest BCUT2D eigenvalue weighted by atomic mass is 10.2.